The Balaban J connectivity index is 2.14. The number of nitrogens with zero attached hydrogens (tertiary/aromatic N) is 2. The largest absolute Gasteiger partial charge is 0.462 e. The molecule has 0 spiro atoms. The third-order valence-corrected chi connectivity index (χ3v) is 5.21. The van der Waals surface area contributed by atoms with Crippen molar-refractivity contribution in [1.29, 1.82) is 0 Å². The van der Waals surface area contributed by atoms with Crippen LogP contribution < -0.4 is 0 Å². The zero-order chi connectivity index (χ0) is 22.8. The number of carbonyl (C=O) groups is 3. The highest BCUT2D eigenvalue weighted by Gasteiger charge is 2.35. The second-order valence-electron chi connectivity index (χ2n) is 6.87. The molecule has 0 aliphatic carbocycles. The van der Waals surface area contributed by atoms with Crippen LogP contribution >= 0.6 is 11.6 Å². The summed E-state index contributed by atoms with van der Waals surface area (Å²) in [6.07, 6.45) is 1.57. The quantitative estimate of drug-likeness (QED) is 0.312. The molecule has 32 heavy (non-hydrogen) atoms. The SMILES string of the molecule is CCOC(=O)c1c(C(=O)OCC)c2c3ccccc3cnn2c1C(=O)c1ccc(Cl)cc1. The van der Waals surface area contributed by atoms with Crippen molar-refractivity contribution in [2.75, 3.05) is 13.2 Å². The number of ketones is 1. The van der Waals surface area contributed by atoms with Gasteiger partial charge in [-0.3, -0.25) is 4.79 Å². The molecule has 0 unspecified atom stereocenters. The number of carbonyl (C=O) groups excluding carboxylic acids is 3. The zero-order valence-corrected chi connectivity index (χ0v) is 18.2. The Hall–Kier alpha value is -3.71. The number of hydrogen-bond donors (Lipinski definition) is 0. The van der Waals surface area contributed by atoms with E-state index in [0.29, 0.717) is 15.9 Å². The molecule has 2 heterocycles. The molecule has 7 nitrogen and oxygen atoms in total. The maximum absolute atomic E-state index is 13.6. The molecule has 0 saturated heterocycles. The first-order chi connectivity index (χ1) is 15.5. The van der Waals surface area contributed by atoms with E-state index >= 15 is 0 Å². The Kier molecular flexibility index (Phi) is 5.92. The molecule has 0 bridgehead atoms. The van der Waals surface area contributed by atoms with E-state index in [0.717, 1.165) is 5.39 Å². The Morgan fingerprint density at radius 3 is 2.19 bits per heavy atom. The van der Waals surface area contributed by atoms with Gasteiger partial charge in [-0.1, -0.05) is 35.9 Å². The molecular formula is C24H19ClN2O5. The maximum Gasteiger partial charge on any atom is 0.341 e. The molecule has 0 aliphatic heterocycles. The van der Waals surface area contributed by atoms with E-state index in [-0.39, 0.29) is 35.6 Å². The third kappa shape index (κ3) is 3.61. The fraction of sp³-hybridized carbons (Fsp3) is 0.167. The van der Waals surface area contributed by atoms with E-state index in [1.165, 1.54) is 4.52 Å². The molecule has 0 fully saturated rings. The van der Waals surface area contributed by atoms with Gasteiger partial charge in [0.15, 0.2) is 0 Å². The van der Waals surface area contributed by atoms with Crippen LogP contribution in [0.1, 0.15) is 50.6 Å². The summed E-state index contributed by atoms with van der Waals surface area (Å²) in [5.74, 6) is -2.04. The van der Waals surface area contributed by atoms with E-state index in [2.05, 4.69) is 5.10 Å². The topological polar surface area (TPSA) is 87.0 Å². The smallest absolute Gasteiger partial charge is 0.341 e. The van der Waals surface area contributed by atoms with Crippen LogP contribution in [-0.4, -0.2) is 40.5 Å². The van der Waals surface area contributed by atoms with Gasteiger partial charge in [0.05, 0.1) is 24.9 Å². The van der Waals surface area contributed by atoms with Crippen molar-refractivity contribution in [3.8, 4) is 0 Å². The van der Waals surface area contributed by atoms with Crippen molar-refractivity contribution in [2.24, 2.45) is 0 Å². The van der Waals surface area contributed by atoms with Gasteiger partial charge in [0.2, 0.25) is 5.78 Å². The monoisotopic (exact) mass is 450 g/mol. The van der Waals surface area contributed by atoms with E-state index in [1.807, 2.05) is 12.1 Å². The van der Waals surface area contributed by atoms with Gasteiger partial charge in [0, 0.05) is 21.4 Å². The predicted octanol–water partition coefficient (Wildman–Crippen LogP) is 4.73. The van der Waals surface area contributed by atoms with Crippen LogP contribution in [0, 0.1) is 0 Å². The minimum atomic E-state index is -0.803. The second kappa shape index (κ2) is 8.80. The molecule has 162 valence electrons. The highest BCUT2D eigenvalue weighted by atomic mass is 35.5. The van der Waals surface area contributed by atoms with Crippen molar-refractivity contribution in [3.05, 3.63) is 82.1 Å². The average Bonchev–Trinajstić information content (AvgIpc) is 3.15. The van der Waals surface area contributed by atoms with Crippen molar-refractivity contribution >= 4 is 45.6 Å². The molecule has 4 aromatic rings. The second-order valence-corrected chi connectivity index (χ2v) is 7.30. The highest BCUT2D eigenvalue weighted by Crippen LogP contribution is 2.32. The fourth-order valence-corrected chi connectivity index (χ4v) is 3.75. The lowest BCUT2D eigenvalue weighted by Crippen LogP contribution is -2.17. The first kappa shape index (κ1) is 21.5. The van der Waals surface area contributed by atoms with Gasteiger partial charge < -0.3 is 9.47 Å². The molecular weight excluding hydrogens is 432 g/mol. The summed E-state index contributed by atoms with van der Waals surface area (Å²) in [4.78, 5) is 39.7. The van der Waals surface area contributed by atoms with Crippen LogP contribution in [0.15, 0.2) is 54.7 Å². The molecule has 2 aromatic carbocycles. The first-order valence-corrected chi connectivity index (χ1v) is 10.4. The summed E-state index contributed by atoms with van der Waals surface area (Å²) in [6.45, 7) is 3.47. The van der Waals surface area contributed by atoms with Gasteiger partial charge in [-0.15, -0.1) is 0 Å². The lowest BCUT2D eigenvalue weighted by atomic mass is 10.0. The third-order valence-electron chi connectivity index (χ3n) is 4.96. The van der Waals surface area contributed by atoms with Crippen molar-refractivity contribution < 1.29 is 23.9 Å². The van der Waals surface area contributed by atoms with Crippen LogP contribution in [-0.2, 0) is 9.47 Å². The van der Waals surface area contributed by atoms with Crippen molar-refractivity contribution in [1.82, 2.24) is 9.61 Å². The zero-order valence-electron chi connectivity index (χ0n) is 17.4. The Morgan fingerprint density at radius 1 is 0.906 bits per heavy atom. The van der Waals surface area contributed by atoms with E-state index < -0.39 is 17.7 Å². The fourth-order valence-electron chi connectivity index (χ4n) is 3.62. The molecule has 8 heteroatoms. The first-order valence-electron chi connectivity index (χ1n) is 10.0. The van der Waals surface area contributed by atoms with E-state index in [9.17, 15) is 14.4 Å². The molecule has 0 aliphatic rings. The minimum Gasteiger partial charge on any atom is -0.462 e. The summed E-state index contributed by atoms with van der Waals surface area (Å²) >= 11 is 5.96. The Bertz CT molecular complexity index is 1360. The molecule has 4 rings (SSSR count). The summed E-state index contributed by atoms with van der Waals surface area (Å²) in [5, 5.41) is 6.24. The summed E-state index contributed by atoms with van der Waals surface area (Å²) < 4.78 is 11.8. The number of ether oxygens (including phenoxy) is 2. The molecule has 0 saturated carbocycles. The number of hydrogen-bond acceptors (Lipinski definition) is 6. The van der Waals surface area contributed by atoms with Crippen LogP contribution in [0.5, 0.6) is 0 Å². The predicted molar refractivity (Wildman–Crippen MR) is 119 cm³/mol. The number of rotatable bonds is 6. The lowest BCUT2D eigenvalue weighted by Gasteiger charge is -2.07. The number of esters is 2. The summed E-state index contributed by atoms with van der Waals surface area (Å²) in [5.41, 5.74) is 0.294. The van der Waals surface area contributed by atoms with Gasteiger partial charge in [-0.2, -0.15) is 5.10 Å². The van der Waals surface area contributed by atoms with Gasteiger partial charge in [0.25, 0.3) is 0 Å². The number of aromatic nitrogens is 2. The van der Waals surface area contributed by atoms with Gasteiger partial charge >= 0.3 is 11.9 Å². The molecule has 0 amide bonds. The van der Waals surface area contributed by atoms with Crippen molar-refractivity contribution in [3.63, 3.8) is 0 Å². The maximum atomic E-state index is 13.6. The van der Waals surface area contributed by atoms with Crippen LogP contribution in [0.25, 0.3) is 16.3 Å². The number of halogens is 1. The number of benzene rings is 2. The van der Waals surface area contributed by atoms with Crippen LogP contribution in [0.3, 0.4) is 0 Å². The highest BCUT2D eigenvalue weighted by molar-refractivity contribution is 6.30. The van der Waals surface area contributed by atoms with Gasteiger partial charge in [0.1, 0.15) is 16.8 Å². The van der Waals surface area contributed by atoms with Crippen molar-refractivity contribution in [2.45, 2.75) is 13.8 Å². The summed E-state index contributed by atoms with van der Waals surface area (Å²) in [6, 6.07) is 13.5. The molecule has 2 aromatic heterocycles. The van der Waals surface area contributed by atoms with Gasteiger partial charge in [-0.05, 0) is 38.1 Å². The minimum absolute atomic E-state index is 0.0492. The number of fused-ring (bicyclic) bond motifs is 3. The van der Waals surface area contributed by atoms with Crippen LogP contribution in [0.4, 0.5) is 0 Å². The Labute approximate surface area is 188 Å². The Morgan fingerprint density at radius 2 is 1.53 bits per heavy atom. The van der Waals surface area contributed by atoms with Crippen LogP contribution in [0.2, 0.25) is 5.02 Å². The van der Waals surface area contributed by atoms with Gasteiger partial charge in [-0.25, -0.2) is 14.1 Å². The van der Waals surface area contributed by atoms with E-state index in [4.69, 9.17) is 21.1 Å². The molecule has 0 atom stereocenters. The van der Waals surface area contributed by atoms with E-state index in [1.54, 1.807) is 56.4 Å². The normalized spacial score (nSPS) is 11.0. The summed E-state index contributed by atoms with van der Waals surface area (Å²) in [7, 11) is 0. The standard InChI is InChI=1S/C24H19ClN2O5/c1-3-31-23(29)18-19(24(30)32-4-2)21(22(28)14-9-11-16(25)12-10-14)27-20(18)17-8-6-5-7-15(17)13-26-27/h5-13H,3-4H2,1-2H3. The average molecular weight is 451 g/mol. The lowest BCUT2D eigenvalue weighted by molar-refractivity contribution is 0.0480. The molecule has 0 radical (unpaired) electrons. The molecule has 0 N–H and O–H groups in total.